The molecule has 0 unspecified atom stereocenters. The van der Waals surface area contributed by atoms with Crippen molar-refractivity contribution in [1.29, 1.82) is 0 Å². The van der Waals surface area contributed by atoms with Crippen molar-refractivity contribution < 1.29 is 19.1 Å². The molecule has 4 bridgehead atoms. The number of rotatable bonds is 9. The fraction of sp³-hybridized carbons (Fsp3) is 0.625. The van der Waals surface area contributed by atoms with Crippen molar-refractivity contribution in [3.05, 3.63) is 23.8 Å². The van der Waals surface area contributed by atoms with Crippen LogP contribution in [-0.2, 0) is 9.59 Å². The first-order valence-electron chi connectivity index (χ1n) is 11.4. The number of benzene rings is 1. The van der Waals surface area contributed by atoms with E-state index in [9.17, 15) is 9.59 Å². The van der Waals surface area contributed by atoms with E-state index in [0.29, 0.717) is 24.5 Å². The highest BCUT2D eigenvalue weighted by molar-refractivity contribution is 5.83. The van der Waals surface area contributed by atoms with Crippen molar-refractivity contribution in [3.63, 3.8) is 0 Å². The first kappa shape index (κ1) is 21.7. The zero-order valence-corrected chi connectivity index (χ0v) is 18.5. The summed E-state index contributed by atoms with van der Waals surface area (Å²) >= 11 is 0. The minimum Gasteiger partial charge on any atom is -0.493 e. The van der Waals surface area contributed by atoms with Crippen LogP contribution >= 0.6 is 0 Å². The Hall–Kier alpha value is -2.57. The zero-order chi connectivity index (χ0) is 21.8. The van der Waals surface area contributed by atoms with Gasteiger partial charge in [0.15, 0.2) is 18.1 Å². The molecule has 0 aromatic heterocycles. The molecule has 4 saturated carbocycles. The van der Waals surface area contributed by atoms with Gasteiger partial charge in [-0.05, 0) is 92.4 Å². The van der Waals surface area contributed by atoms with Gasteiger partial charge in [0.05, 0.1) is 13.3 Å². The Morgan fingerprint density at radius 1 is 1.10 bits per heavy atom. The van der Waals surface area contributed by atoms with Crippen LogP contribution in [0.1, 0.15) is 57.4 Å². The lowest BCUT2D eigenvalue weighted by Crippen LogP contribution is -2.47. The maximum Gasteiger partial charge on any atom is 0.257 e. The summed E-state index contributed by atoms with van der Waals surface area (Å²) in [7, 11) is 1.54. The third-order valence-corrected chi connectivity index (χ3v) is 7.02. The average molecular weight is 428 g/mol. The molecular weight excluding hydrogens is 394 g/mol. The van der Waals surface area contributed by atoms with Gasteiger partial charge in [0, 0.05) is 13.0 Å². The average Bonchev–Trinajstić information content (AvgIpc) is 2.71. The molecule has 4 aliphatic rings. The zero-order valence-electron chi connectivity index (χ0n) is 18.5. The minimum atomic E-state index is -0.183. The molecule has 0 atom stereocenters. The largest absolute Gasteiger partial charge is 0.493 e. The van der Waals surface area contributed by atoms with E-state index in [1.54, 1.807) is 25.5 Å². The number of likely N-dealkylation sites (N-methyl/N-ethyl adjacent to an activating group) is 1. The third kappa shape index (κ3) is 5.20. The van der Waals surface area contributed by atoms with Gasteiger partial charge in [0.2, 0.25) is 5.91 Å². The molecular formula is C24H33N3O4. The van der Waals surface area contributed by atoms with E-state index >= 15 is 0 Å². The number of ether oxygens (including phenoxy) is 2. The van der Waals surface area contributed by atoms with E-state index in [-0.39, 0.29) is 23.8 Å². The first-order valence-corrected chi connectivity index (χ1v) is 11.4. The Kier molecular flexibility index (Phi) is 6.49. The van der Waals surface area contributed by atoms with Gasteiger partial charge in [0.25, 0.3) is 5.91 Å². The molecule has 31 heavy (non-hydrogen) atoms. The molecule has 0 aliphatic heterocycles. The highest BCUT2D eigenvalue weighted by atomic mass is 16.5. The molecule has 0 radical (unpaired) electrons. The van der Waals surface area contributed by atoms with E-state index in [1.807, 2.05) is 13.0 Å². The van der Waals surface area contributed by atoms with Crippen LogP contribution in [0.15, 0.2) is 23.3 Å². The molecule has 1 aromatic carbocycles. The molecule has 0 spiro atoms. The van der Waals surface area contributed by atoms with Gasteiger partial charge in [-0.15, -0.1) is 0 Å². The van der Waals surface area contributed by atoms with Gasteiger partial charge in [-0.2, -0.15) is 5.10 Å². The summed E-state index contributed by atoms with van der Waals surface area (Å²) in [4.78, 5) is 24.2. The van der Waals surface area contributed by atoms with Crippen LogP contribution in [0, 0.1) is 23.2 Å². The maximum absolute atomic E-state index is 12.6. The minimum absolute atomic E-state index is 0.00653. The molecule has 0 saturated heterocycles. The lowest BCUT2D eigenvalue weighted by atomic mass is 9.49. The number of nitrogens with one attached hydrogen (secondary N) is 2. The quantitative estimate of drug-likeness (QED) is 0.468. The van der Waals surface area contributed by atoms with Crippen molar-refractivity contribution in [3.8, 4) is 11.5 Å². The van der Waals surface area contributed by atoms with Gasteiger partial charge in [-0.3, -0.25) is 9.59 Å². The molecule has 7 heteroatoms. The molecule has 2 N–H and O–H groups in total. The Labute approximate surface area is 183 Å². The van der Waals surface area contributed by atoms with Crippen molar-refractivity contribution >= 4 is 18.0 Å². The number of methoxy groups -OCH3 is 1. The molecule has 4 aliphatic carbocycles. The highest BCUT2D eigenvalue weighted by Crippen LogP contribution is 2.61. The van der Waals surface area contributed by atoms with E-state index in [0.717, 1.165) is 23.3 Å². The second kappa shape index (κ2) is 9.28. The maximum atomic E-state index is 12.6. The predicted molar refractivity (Wildman–Crippen MR) is 118 cm³/mol. The SMILES string of the molecule is CCNC(=O)COc1ccc(/C=N\NC(=O)CC23CC4CC(CC(C4)C2)C3)cc1OC. The fourth-order valence-electron chi connectivity index (χ4n) is 6.34. The van der Waals surface area contributed by atoms with Crippen LogP contribution in [0.3, 0.4) is 0 Å². The molecule has 2 amide bonds. The summed E-state index contributed by atoms with van der Waals surface area (Å²) in [6.07, 6.45) is 9.97. The Bertz CT molecular complexity index is 816. The third-order valence-electron chi connectivity index (χ3n) is 7.02. The van der Waals surface area contributed by atoms with Gasteiger partial charge in [-0.25, -0.2) is 5.43 Å². The van der Waals surface area contributed by atoms with Crippen molar-refractivity contribution in [1.82, 2.24) is 10.7 Å². The van der Waals surface area contributed by atoms with Crippen LogP contribution in [-0.4, -0.2) is 38.3 Å². The summed E-state index contributed by atoms with van der Waals surface area (Å²) in [6.45, 7) is 2.34. The summed E-state index contributed by atoms with van der Waals surface area (Å²) in [6, 6.07) is 5.31. The van der Waals surface area contributed by atoms with E-state index < -0.39 is 0 Å². The number of nitrogens with zero attached hydrogens (tertiary/aromatic N) is 1. The van der Waals surface area contributed by atoms with E-state index in [1.165, 1.54) is 38.5 Å². The summed E-state index contributed by atoms with van der Waals surface area (Å²) in [5, 5.41) is 6.84. The second-order valence-electron chi connectivity index (χ2n) is 9.54. The summed E-state index contributed by atoms with van der Waals surface area (Å²) < 4.78 is 10.9. The lowest BCUT2D eigenvalue weighted by Gasteiger charge is -2.56. The monoisotopic (exact) mass is 427 g/mol. The number of hydrogen-bond donors (Lipinski definition) is 2. The highest BCUT2D eigenvalue weighted by Gasteiger charge is 2.51. The topological polar surface area (TPSA) is 89.0 Å². The predicted octanol–water partition coefficient (Wildman–Crippen LogP) is 3.27. The summed E-state index contributed by atoms with van der Waals surface area (Å²) in [5.74, 6) is 3.32. The molecule has 168 valence electrons. The van der Waals surface area contributed by atoms with Crippen molar-refractivity contribution in [2.45, 2.75) is 51.9 Å². The number of carbonyl (C=O) groups excluding carboxylic acids is 2. The van der Waals surface area contributed by atoms with Crippen LogP contribution in [0.2, 0.25) is 0 Å². The molecule has 0 heterocycles. The van der Waals surface area contributed by atoms with Crippen molar-refractivity contribution in [2.75, 3.05) is 20.3 Å². The number of hydrogen-bond acceptors (Lipinski definition) is 5. The number of carbonyl (C=O) groups is 2. The summed E-state index contributed by atoms with van der Waals surface area (Å²) in [5.41, 5.74) is 3.70. The van der Waals surface area contributed by atoms with Crippen LogP contribution in [0.4, 0.5) is 0 Å². The first-order chi connectivity index (χ1) is 15.0. The second-order valence-corrected chi connectivity index (χ2v) is 9.54. The van der Waals surface area contributed by atoms with Crippen LogP contribution in [0.5, 0.6) is 11.5 Å². The normalized spacial score (nSPS) is 28.5. The molecule has 1 aromatic rings. The molecule has 4 fully saturated rings. The van der Waals surface area contributed by atoms with Gasteiger partial charge in [-0.1, -0.05) is 0 Å². The molecule has 5 rings (SSSR count). The Morgan fingerprint density at radius 3 is 2.39 bits per heavy atom. The van der Waals surface area contributed by atoms with E-state index in [4.69, 9.17) is 9.47 Å². The lowest BCUT2D eigenvalue weighted by molar-refractivity contribution is -0.129. The Morgan fingerprint density at radius 2 is 1.77 bits per heavy atom. The fourth-order valence-corrected chi connectivity index (χ4v) is 6.34. The Balaban J connectivity index is 1.30. The van der Waals surface area contributed by atoms with Gasteiger partial charge < -0.3 is 14.8 Å². The van der Waals surface area contributed by atoms with Crippen molar-refractivity contribution in [2.24, 2.45) is 28.3 Å². The van der Waals surface area contributed by atoms with Gasteiger partial charge in [0.1, 0.15) is 0 Å². The number of hydrazone groups is 1. The van der Waals surface area contributed by atoms with E-state index in [2.05, 4.69) is 15.8 Å². The van der Waals surface area contributed by atoms with Crippen LogP contribution in [0.25, 0.3) is 0 Å². The van der Waals surface area contributed by atoms with Gasteiger partial charge >= 0.3 is 0 Å². The smallest absolute Gasteiger partial charge is 0.257 e. The standard InChI is InChI=1S/C24H33N3O4/c1-3-25-23(29)15-31-20-5-4-16(9-21(20)30-2)14-26-27-22(28)13-24-10-17-6-18(11-24)8-19(7-17)12-24/h4-5,9,14,17-19H,3,6-8,10-13,15H2,1-2H3,(H,25,29)(H,27,28)/b26-14-. The number of amides is 2. The van der Waals surface area contributed by atoms with Crippen LogP contribution < -0.4 is 20.2 Å². The molecule has 7 nitrogen and oxygen atoms in total.